The second-order valence-corrected chi connectivity index (χ2v) is 6.19. The lowest BCUT2D eigenvalue weighted by Crippen LogP contribution is -2.33. The first-order valence-corrected chi connectivity index (χ1v) is 7.71. The van der Waals surface area contributed by atoms with Crippen molar-refractivity contribution in [3.8, 4) is 0 Å². The van der Waals surface area contributed by atoms with Crippen LogP contribution in [0.4, 0.5) is 5.82 Å². The summed E-state index contributed by atoms with van der Waals surface area (Å²) in [5.41, 5.74) is 3.78. The van der Waals surface area contributed by atoms with Gasteiger partial charge in [0.15, 0.2) is 0 Å². The van der Waals surface area contributed by atoms with Gasteiger partial charge in [0.2, 0.25) is 0 Å². The molecule has 0 amide bonds. The third-order valence-corrected chi connectivity index (χ3v) is 4.74. The number of pyridine rings is 1. The van der Waals surface area contributed by atoms with Crippen LogP contribution in [-0.2, 0) is 6.54 Å². The highest BCUT2D eigenvalue weighted by Crippen LogP contribution is 2.28. The molecule has 0 spiro atoms. The SMILES string of the molecule is CNCc1c(C)cc(C)nc1N(C)C1CCSC1. The fourth-order valence-corrected chi connectivity index (χ4v) is 3.80. The van der Waals surface area contributed by atoms with Gasteiger partial charge >= 0.3 is 0 Å². The molecule has 0 aromatic carbocycles. The van der Waals surface area contributed by atoms with E-state index in [1.807, 2.05) is 18.8 Å². The van der Waals surface area contributed by atoms with Crippen molar-refractivity contribution in [2.75, 3.05) is 30.5 Å². The Morgan fingerprint density at radius 3 is 2.89 bits per heavy atom. The maximum absolute atomic E-state index is 4.77. The average molecular weight is 265 g/mol. The molecule has 0 radical (unpaired) electrons. The number of rotatable bonds is 4. The van der Waals surface area contributed by atoms with Gasteiger partial charge in [-0.2, -0.15) is 11.8 Å². The van der Waals surface area contributed by atoms with E-state index in [-0.39, 0.29) is 0 Å². The fraction of sp³-hybridized carbons (Fsp3) is 0.643. The van der Waals surface area contributed by atoms with Crippen LogP contribution in [0.15, 0.2) is 6.07 Å². The molecule has 0 saturated carbocycles. The van der Waals surface area contributed by atoms with Crippen LogP contribution in [0.2, 0.25) is 0 Å². The molecule has 1 aliphatic rings. The maximum Gasteiger partial charge on any atom is 0.133 e. The molecule has 1 aromatic heterocycles. The minimum Gasteiger partial charge on any atom is -0.356 e. The maximum atomic E-state index is 4.77. The van der Waals surface area contributed by atoms with Crippen LogP contribution in [0, 0.1) is 13.8 Å². The first-order valence-electron chi connectivity index (χ1n) is 6.55. The molecule has 2 rings (SSSR count). The fourth-order valence-electron chi connectivity index (χ4n) is 2.53. The molecule has 3 nitrogen and oxygen atoms in total. The zero-order valence-corrected chi connectivity index (χ0v) is 12.6. The number of anilines is 1. The number of nitrogens with zero attached hydrogens (tertiary/aromatic N) is 2. The van der Waals surface area contributed by atoms with Crippen LogP contribution < -0.4 is 10.2 Å². The van der Waals surface area contributed by atoms with E-state index >= 15 is 0 Å². The molecule has 2 heterocycles. The van der Waals surface area contributed by atoms with Crippen molar-refractivity contribution >= 4 is 17.6 Å². The molecule has 100 valence electrons. The van der Waals surface area contributed by atoms with E-state index in [0.29, 0.717) is 6.04 Å². The molecule has 1 aromatic rings. The van der Waals surface area contributed by atoms with E-state index in [0.717, 1.165) is 18.1 Å². The first-order chi connectivity index (χ1) is 8.63. The highest BCUT2D eigenvalue weighted by atomic mass is 32.2. The standard InChI is InChI=1S/C14H23N3S/c1-10-7-11(2)16-14(13(10)8-15-3)17(4)12-5-6-18-9-12/h7,12,15H,5-6,8-9H2,1-4H3. The normalized spacial score (nSPS) is 19.2. The molecule has 4 heteroatoms. The van der Waals surface area contributed by atoms with E-state index in [2.05, 4.69) is 37.2 Å². The van der Waals surface area contributed by atoms with Crippen molar-refractivity contribution in [3.05, 3.63) is 22.9 Å². The zero-order valence-electron chi connectivity index (χ0n) is 11.8. The predicted octanol–water partition coefficient (Wildman–Crippen LogP) is 2.36. The smallest absolute Gasteiger partial charge is 0.133 e. The summed E-state index contributed by atoms with van der Waals surface area (Å²) in [7, 11) is 4.19. The molecule has 1 atom stereocenters. The lowest BCUT2D eigenvalue weighted by atomic mass is 10.1. The van der Waals surface area contributed by atoms with Gasteiger partial charge in [0.25, 0.3) is 0 Å². The van der Waals surface area contributed by atoms with E-state index < -0.39 is 0 Å². The topological polar surface area (TPSA) is 28.2 Å². The van der Waals surface area contributed by atoms with E-state index in [9.17, 15) is 0 Å². The highest BCUT2D eigenvalue weighted by molar-refractivity contribution is 7.99. The third-order valence-electron chi connectivity index (χ3n) is 3.59. The zero-order chi connectivity index (χ0) is 13.1. The van der Waals surface area contributed by atoms with Gasteiger partial charge in [-0.1, -0.05) is 0 Å². The average Bonchev–Trinajstić information content (AvgIpc) is 2.85. The van der Waals surface area contributed by atoms with Crippen molar-refractivity contribution in [1.82, 2.24) is 10.3 Å². The van der Waals surface area contributed by atoms with Gasteiger partial charge in [-0.05, 0) is 44.7 Å². The van der Waals surface area contributed by atoms with E-state index in [1.54, 1.807) is 0 Å². The van der Waals surface area contributed by atoms with E-state index in [4.69, 9.17) is 4.98 Å². The minimum atomic E-state index is 0.638. The molecule has 0 aliphatic carbocycles. The molecule has 1 fully saturated rings. The summed E-state index contributed by atoms with van der Waals surface area (Å²) in [6.45, 7) is 5.15. The summed E-state index contributed by atoms with van der Waals surface area (Å²) < 4.78 is 0. The third kappa shape index (κ3) is 2.81. The van der Waals surface area contributed by atoms with Gasteiger partial charge in [0.1, 0.15) is 5.82 Å². The van der Waals surface area contributed by atoms with Crippen LogP contribution >= 0.6 is 11.8 Å². The monoisotopic (exact) mass is 265 g/mol. The summed E-state index contributed by atoms with van der Waals surface area (Å²) in [4.78, 5) is 7.16. The van der Waals surface area contributed by atoms with Crippen molar-refractivity contribution in [1.29, 1.82) is 0 Å². The summed E-state index contributed by atoms with van der Waals surface area (Å²) in [6.07, 6.45) is 1.27. The molecule has 1 aliphatic heterocycles. The van der Waals surface area contributed by atoms with Gasteiger partial charge in [-0.3, -0.25) is 0 Å². The Morgan fingerprint density at radius 2 is 2.28 bits per heavy atom. The van der Waals surface area contributed by atoms with Crippen LogP contribution in [0.3, 0.4) is 0 Å². The number of thioether (sulfide) groups is 1. The molecule has 18 heavy (non-hydrogen) atoms. The Bertz CT molecular complexity index is 414. The lowest BCUT2D eigenvalue weighted by molar-refractivity contribution is 0.680. The molecular formula is C14H23N3S. The number of hydrogen-bond donors (Lipinski definition) is 1. The second-order valence-electron chi connectivity index (χ2n) is 5.04. The Morgan fingerprint density at radius 1 is 1.50 bits per heavy atom. The summed E-state index contributed by atoms with van der Waals surface area (Å²) in [5.74, 6) is 3.67. The van der Waals surface area contributed by atoms with Crippen LogP contribution in [0.25, 0.3) is 0 Å². The Kier molecular flexibility index (Phi) is 4.51. The molecule has 0 bridgehead atoms. The van der Waals surface area contributed by atoms with Crippen LogP contribution in [0.1, 0.15) is 23.2 Å². The summed E-state index contributed by atoms with van der Waals surface area (Å²) in [6, 6.07) is 2.81. The number of hydrogen-bond acceptors (Lipinski definition) is 4. The first kappa shape index (κ1) is 13.7. The second kappa shape index (κ2) is 5.93. The van der Waals surface area contributed by atoms with Gasteiger partial charge in [0, 0.05) is 36.6 Å². The molecule has 1 unspecified atom stereocenters. The van der Waals surface area contributed by atoms with Gasteiger partial charge in [-0.25, -0.2) is 4.98 Å². The predicted molar refractivity (Wildman–Crippen MR) is 80.6 cm³/mol. The van der Waals surface area contributed by atoms with Gasteiger partial charge in [-0.15, -0.1) is 0 Å². The minimum absolute atomic E-state index is 0.638. The number of nitrogens with one attached hydrogen (secondary N) is 1. The molecule has 1 N–H and O–H groups in total. The summed E-state index contributed by atoms with van der Waals surface area (Å²) in [5, 5.41) is 3.26. The van der Waals surface area contributed by atoms with Crippen molar-refractivity contribution in [2.45, 2.75) is 32.9 Å². The van der Waals surface area contributed by atoms with Crippen molar-refractivity contribution in [2.24, 2.45) is 0 Å². The van der Waals surface area contributed by atoms with Crippen molar-refractivity contribution in [3.63, 3.8) is 0 Å². The Hall–Kier alpha value is -0.740. The molecular weight excluding hydrogens is 242 g/mol. The van der Waals surface area contributed by atoms with E-state index in [1.165, 1.54) is 29.1 Å². The number of aryl methyl sites for hydroxylation is 2. The Balaban J connectivity index is 2.34. The lowest BCUT2D eigenvalue weighted by Gasteiger charge is -2.28. The quantitative estimate of drug-likeness (QED) is 0.904. The van der Waals surface area contributed by atoms with Crippen molar-refractivity contribution < 1.29 is 0 Å². The summed E-state index contributed by atoms with van der Waals surface area (Å²) >= 11 is 2.05. The number of aromatic nitrogens is 1. The van der Waals surface area contributed by atoms with Gasteiger partial charge < -0.3 is 10.2 Å². The Labute approximate surface area is 114 Å². The highest BCUT2D eigenvalue weighted by Gasteiger charge is 2.23. The largest absolute Gasteiger partial charge is 0.356 e. The van der Waals surface area contributed by atoms with Crippen LogP contribution in [-0.4, -0.2) is 36.6 Å². The van der Waals surface area contributed by atoms with Gasteiger partial charge in [0.05, 0.1) is 0 Å². The van der Waals surface area contributed by atoms with Crippen LogP contribution in [0.5, 0.6) is 0 Å². The molecule has 1 saturated heterocycles.